The molecule has 0 saturated carbocycles. The zero-order valence-electron chi connectivity index (χ0n) is 6.99. The lowest BCUT2D eigenvalue weighted by molar-refractivity contribution is -0.142. The average molecular weight is 174 g/mol. The monoisotopic (exact) mass is 174 g/mol. The molecule has 0 aliphatic carbocycles. The van der Waals surface area contributed by atoms with E-state index in [4.69, 9.17) is 14.6 Å². The first-order valence-corrected chi connectivity index (χ1v) is 3.75. The Morgan fingerprint density at radius 2 is 2.08 bits per heavy atom. The van der Waals surface area contributed by atoms with Crippen LogP contribution in [0.25, 0.3) is 0 Å². The molecule has 12 heavy (non-hydrogen) atoms. The van der Waals surface area contributed by atoms with Gasteiger partial charge in [-0.05, 0) is 6.42 Å². The molecule has 4 heteroatoms. The predicted octanol–water partition coefficient (Wildman–Crippen LogP) is 0.680. The van der Waals surface area contributed by atoms with Gasteiger partial charge in [0.2, 0.25) is 0 Å². The third-order valence-electron chi connectivity index (χ3n) is 1.04. The molecule has 0 aliphatic rings. The molecule has 0 bridgehead atoms. The van der Waals surface area contributed by atoms with Gasteiger partial charge in [-0.3, -0.25) is 0 Å². The number of ether oxygens (including phenoxy) is 2. The normalized spacial score (nSPS) is 9.67. The molecule has 0 amide bonds. The summed E-state index contributed by atoms with van der Waals surface area (Å²) < 4.78 is 9.81. The van der Waals surface area contributed by atoms with Crippen molar-refractivity contribution < 1.29 is 19.4 Å². The van der Waals surface area contributed by atoms with Crippen molar-refractivity contribution in [3.8, 4) is 0 Å². The van der Waals surface area contributed by atoms with Crippen molar-refractivity contribution in [3.05, 3.63) is 12.7 Å². The molecular formula is C8H14O4. The molecule has 0 atom stereocenters. The van der Waals surface area contributed by atoms with Gasteiger partial charge in [0.15, 0.2) is 0 Å². The molecule has 1 N–H and O–H groups in total. The number of hydrogen-bond acceptors (Lipinski definition) is 3. The topological polar surface area (TPSA) is 55.8 Å². The lowest BCUT2D eigenvalue weighted by Crippen LogP contribution is -2.09. The summed E-state index contributed by atoms with van der Waals surface area (Å²) >= 11 is 0. The summed E-state index contributed by atoms with van der Waals surface area (Å²) in [5, 5.41) is 8.18. The van der Waals surface area contributed by atoms with Crippen molar-refractivity contribution >= 4 is 5.97 Å². The fourth-order valence-corrected chi connectivity index (χ4v) is 0.589. The fraction of sp³-hybridized carbons (Fsp3) is 0.625. The largest absolute Gasteiger partial charge is 0.480 e. The third-order valence-corrected chi connectivity index (χ3v) is 1.04. The first-order valence-electron chi connectivity index (χ1n) is 3.75. The van der Waals surface area contributed by atoms with Crippen molar-refractivity contribution in [2.45, 2.75) is 6.42 Å². The SMILES string of the molecule is C=CCOCCCOCC(=O)O. The van der Waals surface area contributed by atoms with Gasteiger partial charge in [0.05, 0.1) is 6.61 Å². The summed E-state index contributed by atoms with van der Waals surface area (Å²) in [4.78, 5) is 9.96. The first kappa shape index (κ1) is 11.1. The van der Waals surface area contributed by atoms with Crippen LogP contribution in [0.4, 0.5) is 0 Å². The molecule has 0 saturated heterocycles. The van der Waals surface area contributed by atoms with Crippen molar-refractivity contribution in [3.63, 3.8) is 0 Å². The number of carboxylic acids is 1. The van der Waals surface area contributed by atoms with E-state index in [0.29, 0.717) is 26.2 Å². The van der Waals surface area contributed by atoms with E-state index in [1.165, 1.54) is 0 Å². The second-order valence-corrected chi connectivity index (χ2v) is 2.16. The van der Waals surface area contributed by atoms with Gasteiger partial charge < -0.3 is 14.6 Å². The van der Waals surface area contributed by atoms with Gasteiger partial charge >= 0.3 is 5.97 Å². The number of rotatable bonds is 8. The Labute approximate surface area is 71.8 Å². The Kier molecular flexibility index (Phi) is 7.63. The summed E-state index contributed by atoms with van der Waals surface area (Å²) in [7, 11) is 0. The van der Waals surface area contributed by atoms with E-state index in [2.05, 4.69) is 6.58 Å². The van der Waals surface area contributed by atoms with Crippen LogP contribution in [0.1, 0.15) is 6.42 Å². The highest BCUT2D eigenvalue weighted by molar-refractivity contribution is 5.67. The molecule has 0 aromatic carbocycles. The third kappa shape index (κ3) is 9.13. The van der Waals surface area contributed by atoms with E-state index in [-0.39, 0.29) is 6.61 Å². The minimum atomic E-state index is -0.943. The van der Waals surface area contributed by atoms with Crippen LogP contribution in [0.3, 0.4) is 0 Å². The summed E-state index contributed by atoms with van der Waals surface area (Å²) in [5.41, 5.74) is 0. The second kappa shape index (κ2) is 8.23. The molecule has 0 radical (unpaired) electrons. The highest BCUT2D eigenvalue weighted by atomic mass is 16.5. The van der Waals surface area contributed by atoms with Gasteiger partial charge in [0, 0.05) is 13.2 Å². The van der Waals surface area contributed by atoms with Crippen LogP contribution in [0.5, 0.6) is 0 Å². The Morgan fingerprint density at radius 1 is 1.42 bits per heavy atom. The molecule has 0 fully saturated rings. The number of carbonyl (C=O) groups is 1. The fourth-order valence-electron chi connectivity index (χ4n) is 0.589. The van der Waals surface area contributed by atoms with E-state index in [0.717, 1.165) is 0 Å². The number of aliphatic carboxylic acids is 1. The van der Waals surface area contributed by atoms with Crippen molar-refractivity contribution in [2.24, 2.45) is 0 Å². The van der Waals surface area contributed by atoms with Crippen molar-refractivity contribution in [1.82, 2.24) is 0 Å². The van der Waals surface area contributed by atoms with Crippen molar-refractivity contribution in [2.75, 3.05) is 26.4 Å². The minimum absolute atomic E-state index is 0.235. The minimum Gasteiger partial charge on any atom is -0.480 e. The standard InChI is InChI=1S/C8H14O4/c1-2-4-11-5-3-6-12-7-8(9)10/h2H,1,3-7H2,(H,9,10). The first-order chi connectivity index (χ1) is 5.77. The van der Waals surface area contributed by atoms with E-state index in [1.54, 1.807) is 6.08 Å². The smallest absolute Gasteiger partial charge is 0.329 e. The summed E-state index contributed by atoms with van der Waals surface area (Å²) in [5.74, 6) is -0.943. The number of carboxylic acid groups (broad SMARTS) is 1. The maximum Gasteiger partial charge on any atom is 0.329 e. The summed E-state index contributed by atoms with van der Waals surface area (Å²) in [6, 6.07) is 0. The Balaban J connectivity index is 2.90. The van der Waals surface area contributed by atoms with Gasteiger partial charge in [-0.15, -0.1) is 6.58 Å². The van der Waals surface area contributed by atoms with Crippen LogP contribution >= 0.6 is 0 Å². The molecule has 0 aromatic heterocycles. The molecule has 4 nitrogen and oxygen atoms in total. The Morgan fingerprint density at radius 3 is 2.67 bits per heavy atom. The van der Waals surface area contributed by atoms with Crippen LogP contribution in [0, 0.1) is 0 Å². The predicted molar refractivity (Wildman–Crippen MR) is 44.1 cm³/mol. The van der Waals surface area contributed by atoms with Crippen molar-refractivity contribution in [1.29, 1.82) is 0 Å². The summed E-state index contributed by atoms with van der Waals surface area (Å²) in [6.07, 6.45) is 2.37. The van der Waals surface area contributed by atoms with Crippen LogP contribution in [-0.4, -0.2) is 37.5 Å². The molecule has 0 aliphatic heterocycles. The molecular weight excluding hydrogens is 160 g/mol. The highest BCUT2D eigenvalue weighted by Gasteiger charge is 1.94. The van der Waals surface area contributed by atoms with Gasteiger partial charge in [0.1, 0.15) is 6.61 Å². The van der Waals surface area contributed by atoms with E-state index in [9.17, 15) is 4.79 Å². The van der Waals surface area contributed by atoms with Crippen LogP contribution in [0.2, 0.25) is 0 Å². The van der Waals surface area contributed by atoms with E-state index < -0.39 is 5.97 Å². The second-order valence-electron chi connectivity index (χ2n) is 2.16. The van der Waals surface area contributed by atoms with E-state index >= 15 is 0 Å². The maximum atomic E-state index is 9.96. The maximum absolute atomic E-state index is 9.96. The highest BCUT2D eigenvalue weighted by Crippen LogP contribution is 1.85. The van der Waals surface area contributed by atoms with Crippen LogP contribution in [0.15, 0.2) is 12.7 Å². The Hall–Kier alpha value is -0.870. The quantitative estimate of drug-likeness (QED) is 0.434. The molecule has 0 rings (SSSR count). The lowest BCUT2D eigenvalue weighted by Gasteiger charge is -2.01. The van der Waals surface area contributed by atoms with Gasteiger partial charge in [0.25, 0.3) is 0 Å². The van der Waals surface area contributed by atoms with Crippen LogP contribution < -0.4 is 0 Å². The summed E-state index contributed by atoms with van der Waals surface area (Å²) in [6.45, 7) is 4.77. The molecule has 70 valence electrons. The van der Waals surface area contributed by atoms with E-state index in [1.807, 2.05) is 0 Å². The van der Waals surface area contributed by atoms with Gasteiger partial charge in [-0.1, -0.05) is 6.08 Å². The lowest BCUT2D eigenvalue weighted by atomic mass is 10.5. The molecule has 0 unspecified atom stereocenters. The number of hydrogen-bond donors (Lipinski definition) is 1. The van der Waals surface area contributed by atoms with Gasteiger partial charge in [-0.25, -0.2) is 4.79 Å². The zero-order chi connectivity index (χ0) is 9.23. The average Bonchev–Trinajstić information content (AvgIpc) is 2.02. The molecule has 0 aromatic rings. The van der Waals surface area contributed by atoms with Gasteiger partial charge in [-0.2, -0.15) is 0 Å². The molecule has 0 heterocycles. The molecule has 0 spiro atoms. The Bertz CT molecular complexity index is 133. The van der Waals surface area contributed by atoms with Crippen LogP contribution in [-0.2, 0) is 14.3 Å². The zero-order valence-corrected chi connectivity index (χ0v) is 6.99.